The predicted octanol–water partition coefficient (Wildman–Crippen LogP) is 1.76. The predicted molar refractivity (Wildman–Crippen MR) is 120 cm³/mol. The van der Waals surface area contributed by atoms with Gasteiger partial charge < -0.3 is 20.7 Å². The number of methoxy groups -OCH3 is 1. The fourth-order valence-electron chi connectivity index (χ4n) is 3.45. The molecule has 0 radical (unpaired) electrons. The number of hydrogen-bond acceptors (Lipinski definition) is 9. The second kappa shape index (κ2) is 8.45. The maximum Gasteiger partial charge on any atom is 0.273 e. The first kappa shape index (κ1) is 18.5. The van der Waals surface area contributed by atoms with Gasteiger partial charge in [0.1, 0.15) is 5.69 Å². The highest BCUT2D eigenvalue weighted by Crippen LogP contribution is 2.52. The van der Waals surface area contributed by atoms with E-state index in [1.54, 1.807) is 19.3 Å². The van der Waals surface area contributed by atoms with E-state index in [9.17, 15) is 9.59 Å². The summed E-state index contributed by atoms with van der Waals surface area (Å²) in [7, 11) is 3.12. The van der Waals surface area contributed by atoms with E-state index >= 15 is 0 Å². The van der Waals surface area contributed by atoms with Gasteiger partial charge in [-0.15, -0.1) is 10.2 Å². The van der Waals surface area contributed by atoms with Crippen molar-refractivity contribution in [2.45, 2.75) is 20.3 Å². The standard InChI is InChI=1S/C21H25N9O3/c1-21(2)9-12(21)19(31)26-15-8-13(16(28-27-15)20(32)22-3)25-18-17(33-5)11(6-7-23-18)14-10-24-30(4)29-14/h6-8,10,12H,9H2,1-5H3,(H,22,32)(H2,23,25,26,27,31)/i3D3. The molecular weight excluding hydrogens is 426 g/mol. The molecule has 3 heterocycles. The summed E-state index contributed by atoms with van der Waals surface area (Å²) in [6.07, 6.45) is 3.80. The van der Waals surface area contributed by atoms with E-state index in [0.717, 1.165) is 6.42 Å². The molecule has 172 valence electrons. The number of aryl methyl sites for hydroxylation is 1. The largest absolute Gasteiger partial charge is 0.492 e. The summed E-state index contributed by atoms with van der Waals surface area (Å²) in [5.74, 6) is -0.811. The number of anilines is 3. The summed E-state index contributed by atoms with van der Waals surface area (Å²) >= 11 is 0. The Kier molecular flexibility index (Phi) is 4.73. The first-order chi connectivity index (χ1) is 16.9. The van der Waals surface area contributed by atoms with E-state index in [1.165, 1.54) is 24.2 Å². The fraction of sp³-hybridized carbons (Fsp3) is 0.381. The molecule has 0 spiro atoms. The number of pyridine rings is 1. The van der Waals surface area contributed by atoms with Gasteiger partial charge in [-0.25, -0.2) is 4.98 Å². The van der Waals surface area contributed by atoms with Gasteiger partial charge in [0.15, 0.2) is 23.1 Å². The highest BCUT2D eigenvalue weighted by atomic mass is 16.5. The Hall–Kier alpha value is -4.09. The maximum atomic E-state index is 12.7. The molecule has 1 atom stereocenters. The molecule has 1 aliphatic carbocycles. The number of amides is 2. The van der Waals surface area contributed by atoms with Crippen LogP contribution in [0, 0.1) is 11.3 Å². The van der Waals surface area contributed by atoms with Crippen LogP contribution in [-0.4, -0.2) is 56.1 Å². The van der Waals surface area contributed by atoms with E-state index in [0.29, 0.717) is 17.0 Å². The van der Waals surface area contributed by atoms with Gasteiger partial charge in [0.05, 0.1) is 24.6 Å². The van der Waals surface area contributed by atoms with Crippen molar-refractivity contribution in [3.8, 4) is 17.0 Å². The van der Waals surface area contributed by atoms with Crippen LogP contribution in [-0.2, 0) is 11.8 Å². The summed E-state index contributed by atoms with van der Waals surface area (Å²) in [6, 6.07) is 3.06. The number of carbonyl (C=O) groups is 2. The van der Waals surface area contributed by atoms with Crippen molar-refractivity contribution < 1.29 is 18.4 Å². The van der Waals surface area contributed by atoms with E-state index in [1.807, 2.05) is 19.2 Å². The third-order valence-corrected chi connectivity index (χ3v) is 5.44. The number of carbonyl (C=O) groups excluding carboxylic acids is 2. The SMILES string of the molecule is [2H]C([2H])([2H])NC(=O)c1nnc(NC(=O)C2CC2(C)C)cc1Nc1nccc(-c2cnn(C)n2)c1OC. The molecule has 2 amide bonds. The van der Waals surface area contributed by atoms with Crippen molar-refractivity contribution in [3.63, 3.8) is 0 Å². The lowest BCUT2D eigenvalue weighted by atomic mass is 10.1. The van der Waals surface area contributed by atoms with Crippen LogP contribution in [0.2, 0.25) is 0 Å². The first-order valence-electron chi connectivity index (χ1n) is 11.6. The van der Waals surface area contributed by atoms with Crippen LogP contribution in [0.15, 0.2) is 24.5 Å². The molecule has 0 saturated heterocycles. The lowest BCUT2D eigenvalue weighted by Gasteiger charge is -2.15. The van der Waals surface area contributed by atoms with E-state index in [2.05, 4.69) is 36.0 Å². The van der Waals surface area contributed by atoms with Crippen molar-refractivity contribution >= 4 is 29.1 Å². The van der Waals surface area contributed by atoms with E-state index in [-0.39, 0.29) is 40.3 Å². The van der Waals surface area contributed by atoms with Crippen molar-refractivity contribution in [2.75, 3.05) is 24.7 Å². The number of hydrogen-bond donors (Lipinski definition) is 3. The van der Waals surface area contributed by atoms with Gasteiger partial charge in [-0.05, 0) is 17.9 Å². The van der Waals surface area contributed by atoms with Crippen molar-refractivity contribution in [2.24, 2.45) is 18.4 Å². The van der Waals surface area contributed by atoms with Crippen LogP contribution < -0.4 is 20.7 Å². The van der Waals surface area contributed by atoms with Gasteiger partial charge in [0, 0.05) is 36.3 Å². The smallest absolute Gasteiger partial charge is 0.273 e. The minimum Gasteiger partial charge on any atom is -0.492 e. The van der Waals surface area contributed by atoms with Gasteiger partial charge in [-0.1, -0.05) is 13.8 Å². The van der Waals surface area contributed by atoms with Crippen LogP contribution in [0.5, 0.6) is 5.75 Å². The Bertz CT molecular complexity index is 1320. The summed E-state index contributed by atoms with van der Waals surface area (Å²) < 4.78 is 27.6. The van der Waals surface area contributed by atoms with Crippen molar-refractivity contribution in [1.29, 1.82) is 0 Å². The summed E-state index contributed by atoms with van der Waals surface area (Å²) in [5.41, 5.74) is 0.732. The first-order valence-corrected chi connectivity index (χ1v) is 10.1. The van der Waals surface area contributed by atoms with Gasteiger partial charge in [0.2, 0.25) is 5.91 Å². The van der Waals surface area contributed by atoms with Crippen molar-refractivity contribution in [3.05, 3.63) is 30.2 Å². The van der Waals surface area contributed by atoms with Gasteiger partial charge in [0.25, 0.3) is 5.91 Å². The Morgan fingerprint density at radius 1 is 1.33 bits per heavy atom. The molecule has 1 aliphatic rings. The number of nitrogens with zero attached hydrogens (tertiary/aromatic N) is 6. The molecule has 1 fully saturated rings. The molecule has 4 rings (SSSR count). The molecule has 0 aliphatic heterocycles. The fourth-order valence-corrected chi connectivity index (χ4v) is 3.45. The van der Waals surface area contributed by atoms with Gasteiger partial charge in [-0.2, -0.15) is 15.0 Å². The number of rotatable bonds is 7. The monoisotopic (exact) mass is 454 g/mol. The Labute approximate surface area is 194 Å². The third kappa shape index (κ3) is 4.45. The summed E-state index contributed by atoms with van der Waals surface area (Å²) in [5, 5.41) is 23.7. The van der Waals surface area contributed by atoms with Gasteiger partial charge >= 0.3 is 0 Å². The van der Waals surface area contributed by atoms with Gasteiger partial charge in [-0.3, -0.25) is 9.59 Å². The Morgan fingerprint density at radius 3 is 2.76 bits per heavy atom. The molecule has 3 aromatic heterocycles. The normalized spacial score (nSPS) is 17.8. The highest BCUT2D eigenvalue weighted by molar-refractivity contribution is 6.00. The minimum atomic E-state index is -2.75. The van der Waals surface area contributed by atoms with E-state index in [4.69, 9.17) is 8.85 Å². The van der Waals surface area contributed by atoms with Crippen LogP contribution in [0.4, 0.5) is 17.3 Å². The highest BCUT2D eigenvalue weighted by Gasteiger charge is 2.50. The van der Waals surface area contributed by atoms with Crippen LogP contribution >= 0.6 is 0 Å². The molecule has 0 bridgehead atoms. The number of aromatic nitrogens is 6. The zero-order valence-corrected chi connectivity index (χ0v) is 18.5. The lowest BCUT2D eigenvalue weighted by Crippen LogP contribution is -2.23. The molecule has 1 saturated carbocycles. The average molecular weight is 455 g/mol. The van der Waals surface area contributed by atoms with Crippen LogP contribution in [0.3, 0.4) is 0 Å². The Morgan fingerprint density at radius 2 is 2.12 bits per heavy atom. The summed E-state index contributed by atoms with van der Waals surface area (Å²) in [4.78, 5) is 30.9. The zero-order valence-electron chi connectivity index (χ0n) is 21.5. The molecule has 12 heteroatoms. The minimum absolute atomic E-state index is 0.0548. The molecular formula is C21H25N9O3. The topological polar surface area (TPSA) is 149 Å². The van der Waals surface area contributed by atoms with Crippen molar-refractivity contribution in [1.82, 2.24) is 35.5 Å². The zero-order chi connectivity index (χ0) is 26.3. The second-order valence-electron chi connectivity index (χ2n) is 8.27. The van der Waals surface area contributed by atoms with Crippen LogP contribution in [0.1, 0.15) is 34.9 Å². The maximum absolute atomic E-state index is 12.7. The number of nitrogens with one attached hydrogen (secondary N) is 3. The quantitative estimate of drug-likeness (QED) is 0.485. The molecule has 33 heavy (non-hydrogen) atoms. The molecule has 3 aromatic rings. The van der Waals surface area contributed by atoms with Crippen LogP contribution in [0.25, 0.3) is 11.3 Å². The molecule has 1 unspecified atom stereocenters. The average Bonchev–Trinajstić information content (AvgIpc) is 3.21. The Balaban J connectivity index is 1.71. The van der Waals surface area contributed by atoms with E-state index < -0.39 is 12.9 Å². The third-order valence-electron chi connectivity index (χ3n) is 5.44. The number of ether oxygens (including phenoxy) is 1. The lowest BCUT2D eigenvalue weighted by molar-refractivity contribution is -0.118. The molecule has 12 nitrogen and oxygen atoms in total. The molecule has 0 aromatic carbocycles. The second-order valence-corrected chi connectivity index (χ2v) is 8.27. The molecule has 3 N–H and O–H groups in total. The summed E-state index contributed by atoms with van der Waals surface area (Å²) in [6.45, 7) is 1.22.